The number of benzene rings is 3. The molecule has 0 aliphatic carbocycles. The van der Waals surface area contributed by atoms with Gasteiger partial charge in [-0.3, -0.25) is 4.98 Å². The fraction of sp³-hybridized carbons (Fsp3) is 0.125. The minimum absolute atomic E-state index is 0.795. The van der Waals surface area contributed by atoms with Crippen molar-refractivity contribution in [2.75, 3.05) is 7.11 Å². The summed E-state index contributed by atoms with van der Waals surface area (Å²) in [6.45, 7) is 1.61. The van der Waals surface area contributed by atoms with Crippen molar-refractivity contribution >= 4 is 10.8 Å². The molecule has 1 aromatic heterocycles. The summed E-state index contributed by atoms with van der Waals surface area (Å²) in [4.78, 5) is 4.35. The summed E-state index contributed by atoms with van der Waals surface area (Å²) in [6, 6.07) is 25.2. The van der Waals surface area contributed by atoms with Gasteiger partial charge in [0.15, 0.2) is 0 Å². The summed E-state index contributed by atoms with van der Waals surface area (Å²) in [7, 11) is 1.69. The second kappa shape index (κ2) is 8.02. The monoisotopic (exact) mass is 354 g/mol. The van der Waals surface area contributed by atoms with E-state index in [0.717, 1.165) is 18.8 Å². The summed E-state index contributed by atoms with van der Waals surface area (Å²) in [5.41, 5.74) is 4.96. The van der Waals surface area contributed by atoms with Crippen LogP contribution in [0.25, 0.3) is 21.9 Å². The van der Waals surface area contributed by atoms with Crippen molar-refractivity contribution < 1.29 is 4.74 Å². The Balaban J connectivity index is 1.55. The first kappa shape index (κ1) is 17.3. The Kier molecular flexibility index (Phi) is 5.13. The minimum atomic E-state index is 0.795. The molecule has 0 fully saturated rings. The predicted octanol–water partition coefficient (Wildman–Crippen LogP) is 5.20. The van der Waals surface area contributed by atoms with Gasteiger partial charge in [0.1, 0.15) is 5.75 Å². The average molecular weight is 354 g/mol. The second-order valence-corrected chi connectivity index (χ2v) is 6.51. The zero-order valence-corrected chi connectivity index (χ0v) is 15.4. The lowest BCUT2D eigenvalue weighted by atomic mass is 9.96. The Labute approximate surface area is 159 Å². The first-order valence-corrected chi connectivity index (χ1v) is 9.10. The van der Waals surface area contributed by atoms with Crippen LogP contribution in [-0.4, -0.2) is 12.1 Å². The third kappa shape index (κ3) is 3.83. The number of hydrogen-bond donors (Lipinski definition) is 1. The van der Waals surface area contributed by atoms with Crippen molar-refractivity contribution in [2.45, 2.75) is 13.1 Å². The van der Waals surface area contributed by atoms with E-state index in [2.05, 4.69) is 64.9 Å². The molecule has 0 spiro atoms. The van der Waals surface area contributed by atoms with Crippen LogP contribution in [0.2, 0.25) is 0 Å². The quantitative estimate of drug-likeness (QED) is 0.517. The number of nitrogens with one attached hydrogen (secondary N) is 1. The van der Waals surface area contributed by atoms with Gasteiger partial charge in [-0.05, 0) is 45.8 Å². The van der Waals surface area contributed by atoms with Crippen LogP contribution in [0.15, 0.2) is 85.2 Å². The highest BCUT2D eigenvalue weighted by molar-refractivity contribution is 5.98. The lowest BCUT2D eigenvalue weighted by Crippen LogP contribution is -2.13. The number of hydrogen-bond acceptors (Lipinski definition) is 3. The largest absolute Gasteiger partial charge is 0.497 e. The number of methoxy groups -OCH3 is 1. The highest BCUT2D eigenvalue weighted by Crippen LogP contribution is 2.30. The lowest BCUT2D eigenvalue weighted by Gasteiger charge is -2.12. The number of ether oxygens (including phenoxy) is 1. The summed E-state index contributed by atoms with van der Waals surface area (Å²) in [5, 5.41) is 5.97. The van der Waals surface area contributed by atoms with Crippen molar-refractivity contribution in [1.29, 1.82) is 0 Å². The van der Waals surface area contributed by atoms with Crippen LogP contribution >= 0.6 is 0 Å². The van der Waals surface area contributed by atoms with E-state index >= 15 is 0 Å². The summed E-state index contributed by atoms with van der Waals surface area (Å²) >= 11 is 0. The van der Waals surface area contributed by atoms with Gasteiger partial charge in [0.2, 0.25) is 0 Å². The first-order valence-electron chi connectivity index (χ1n) is 9.10. The molecule has 27 heavy (non-hydrogen) atoms. The smallest absolute Gasteiger partial charge is 0.118 e. The predicted molar refractivity (Wildman–Crippen MR) is 111 cm³/mol. The van der Waals surface area contributed by atoms with E-state index in [1.54, 1.807) is 7.11 Å². The van der Waals surface area contributed by atoms with Crippen molar-refractivity contribution in [3.05, 3.63) is 96.3 Å². The van der Waals surface area contributed by atoms with Gasteiger partial charge in [-0.2, -0.15) is 0 Å². The second-order valence-electron chi connectivity index (χ2n) is 6.51. The Bertz CT molecular complexity index is 1030. The van der Waals surface area contributed by atoms with E-state index in [4.69, 9.17) is 4.74 Å². The summed E-state index contributed by atoms with van der Waals surface area (Å²) in [6.07, 6.45) is 3.83. The molecule has 4 rings (SSSR count). The molecular weight excluding hydrogens is 332 g/mol. The number of aromatic nitrogens is 1. The van der Waals surface area contributed by atoms with Crippen LogP contribution in [0.3, 0.4) is 0 Å². The normalized spacial score (nSPS) is 10.9. The molecular formula is C24H22N2O. The number of rotatable bonds is 6. The van der Waals surface area contributed by atoms with Gasteiger partial charge in [0.05, 0.1) is 7.11 Å². The average Bonchev–Trinajstić information content (AvgIpc) is 2.75. The third-order valence-electron chi connectivity index (χ3n) is 4.80. The van der Waals surface area contributed by atoms with Gasteiger partial charge in [-0.25, -0.2) is 0 Å². The lowest BCUT2D eigenvalue weighted by molar-refractivity contribution is 0.414. The topological polar surface area (TPSA) is 34.1 Å². The number of fused-ring (bicyclic) bond motifs is 1. The Morgan fingerprint density at radius 1 is 0.815 bits per heavy atom. The Morgan fingerprint density at radius 3 is 2.41 bits per heavy atom. The maximum Gasteiger partial charge on any atom is 0.118 e. The molecule has 3 heteroatoms. The zero-order valence-electron chi connectivity index (χ0n) is 15.4. The van der Waals surface area contributed by atoms with Crippen LogP contribution in [0, 0.1) is 0 Å². The van der Waals surface area contributed by atoms with Gasteiger partial charge in [0.25, 0.3) is 0 Å². The van der Waals surface area contributed by atoms with Gasteiger partial charge < -0.3 is 10.1 Å². The van der Waals surface area contributed by atoms with E-state index in [0.29, 0.717) is 0 Å². The molecule has 0 aliphatic heterocycles. The molecule has 0 aliphatic rings. The highest BCUT2D eigenvalue weighted by atomic mass is 16.5. The van der Waals surface area contributed by atoms with Gasteiger partial charge in [-0.15, -0.1) is 0 Å². The van der Waals surface area contributed by atoms with Crippen LogP contribution in [0.1, 0.15) is 11.1 Å². The molecule has 3 nitrogen and oxygen atoms in total. The molecule has 0 bridgehead atoms. The summed E-state index contributed by atoms with van der Waals surface area (Å²) in [5.74, 6) is 0.882. The van der Waals surface area contributed by atoms with Crippen LogP contribution in [-0.2, 0) is 13.1 Å². The van der Waals surface area contributed by atoms with Crippen LogP contribution in [0.5, 0.6) is 5.75 Å². The van der Waals surface area contributed by atoms with Crippen molar-refractivity contribution in [3.63, 3.8) is 0 Å². The molecule has 0 unspecified atom stereocenters. The molecule has 4 aromatic rings. The Morgan fingerprint density at radius 2 is 1.63 bits per heavy atom. The fourth-order valence-electron chi connectivity index (χ4n) is 3.36. The third-order valence-corrected chi connectivity index (χ3v) is 4.80. The number of nitrogens with zero attached hydrogens (tertiary/aromatic N) is 1. The molecule has 1 heterocycles. The van der Waals surface area contributed by atoms with Crippen molar-refractivity contribution in [3.8, 4) is 16.9 Å². The highest BCUT2D eigenvalue weighted by Gasteiger charge is 2.08. The van der Waals surface area contributed by atoms with Crippen molar-refractivity contribution in [1.82, 2.24) is 10.3 Å². The van der Waals surface area contributed by atoms with E-state index in [9.17, 15) is 0 Å². The molecule has 1 N–H and O–H groups in total. The van der Waals surface area contributed by atoms with E-state index in [1.807, 2.05) is 30.6 Å². The van der Waals surface area contributed by atoms with Crippen molar-refractivity contribution in [2.24, 2.45) is 0 Å². The van der Waals surface area contributed by atoms with E-state index in [1.165, 1.54) is 33.0 Å². The SMILES string of the molecule is COc1ccc(CNCc2ccc(-c3ccccc3)c3ccncc23)cc1. The molecule has 134 valence electrons. The standard InChI is InChI=1S/C24H22N2O/c1-27-21-10-7-18(8-11-21)15-26-16-20-9-12-22(19-5-3-2-4-6-19)23-13-14-25-17-24(20)23/h2-14,17,26H,15-16H2,1H3. The van der Waals surface area contributed by atoms with E-state index in [-0.39, 0.29) is 0 Å². The maximum absolute atomic E-state index is 5.21. The molecule has 0 saturated carbocycles. The molecule has 0 atom stereocenters. The minimum Gasteiger partial charge on any atom is -0.497 e. The first-order chi connectivity index (χ1) is 13.3. The maximum atomic E-state index is 5.21. The fourth-order valence-corrected chi connectivity index (χ4v) is 3.36. The molecule has 0 amide bonds. The van der Waals surface area contributed by atoms with Crippen LogP contribution in [0.4, 0.5) is 0 Å². The number of pyridine rings is 1. The van der Waals surface area contributed by atoms with Crippen LogP contribution < -0.4 is 10.1 Å². The molecule has 0 radical (unpaired) electrons. The summed E-state index contributed by atoms with van der Waals surface area (Å²) < 4.78 is 5.21. The van der Waals surface area contributed by atoms with Gasteiger partial charge in [0, 0.05) is 30.9 Å². The van der Waals surface area contributed by atoms with Gasteiger partial charge in [-0.1, -0.05) is 54.6 Å². The van der Waals surface area contributed by atoms with E-state index < -0.39 is 0 Å². The van der Waals surface area contributed by atoms with Gasteiger partial charge >= 0.3 is 0 Å². The molecule has 3 aromatic carbocycles. The zero-order chi connectivity index (χ0) is 18.5. The molecule has 0 saturated heterocycles. The Hall–Kier alpha value is -3.17.